The number of sulfonamides is 1. The van der Waals surface area contributed by atoms with Crippen LogP contribution in [0.15, 0.2) is 57.9 Å². The highest BCUT2D eigenvalue weighted by atomic mass is 79.9. The van der Waals surface area contributed by atoms with Crippen molar-refractivity contribution in [3.05, 3.63) is 58.0 Å². The molecule has 0 spiro atoms. The third kappa shape index (κ3) is 5.22. The monoisotopic (exact) mass is 471 g/mol. The summed E-state index contributed by atoms with van der Waals surface area (Å²) < 4.78 is 27.7. The van der Waals surface area contributed by atoms with Crippen LogP contribution < -0.4 is 9.62 Å². The van der Waals surface area contributed by atoms with Crippen LogP contribution in [0.5, 0.6) is 0 Å². The van der Waals surface area contributed by atoms with Gasteiger partial charge in [0.1, 0.15) is 0 Å². The lowest BCUT2D eigenvalue weighted by Crippen LogP contribution is -2.51. The van der Waals surface area contributed by atoms with Crippen molar-refractivity contribution < 1.29 is 13.2 Å². The number of hydrogen-bond donors (Lipinski definition) is 1. The number of anilines is 1. The summed E-state index contributed by atoms with van der Waals surface area (Å²) in [5.74, 6) is -0.235. The van der Waals surface area contributed by atoms with E-state index in [0.717, 1.165) is 10.2 Å². The molecule has 1 aliphatic rings. The Labute approximate surface area is 172 Å². The molecule has 0 bridgehead atoms. The summed E-state index contributed by atoms with van der Waals surface area (Å²) in [4.78, 5) is 16.3. The summed E-state index contributed by atoms with van der Waals surface area (Å²) >= 11 is 9.29. The van der Waals surface area contributed by atoms with E-state index >= 15 is 0 Å². The maximum atomic E-state index is 12.4. The van der Waals surface area contributed by atoms with Crippen molar-refractivity contribution in [2.45, 2.75) is 4.90 Å². The number of hydrogen-bond acceptors (Lipinski definition) is 4. The van der Waals surface area contributed by atoms with Crippen LogP contribution in [0.2, 0.25) is 5.02 Å². The second kappa shape index (κ2) is 8.60. The maximum Gasteiger partial charge on any atom is 0.241 e. The molecule has 0 atom stereocenters. The van der Waals surface area contributed by atoms with Gasteiger partial charge >= 0.3 is 0 Å². The van der Waals surface area contributed by atoms with Gasteiger partial charge in [0.15, 0.2) is 0 Å². The lowest BCUT2D eigenvalue weighted by Gasteiger charge is -2.36. The highest BCUT2D eigenvalue weighted by molar-refractivity contribution is 9.10. The molecule has 6 nitrogen and oxygen atoms in total. The molecule has 1 fully saturated rings. The average molecular weight is 473 g/mol. The lowest BCUT2D eigenvalue weighted by molar-refractivity contribution is -0.130. The minimum absolute atomic E-state index is 0.129. The zero-order chi connectivity index (χ0) is 19.4. The summed E-state index contributed by atoms with van der Waals surface area (Å²) in [5.41, 5.74) is 1.02. The molecule has 1 saturated heterocycles. The molecule has 2 aromatic rings. The van der Waals surface area contributed by atoms with Gasteiger partial charge in [-0.25, -0.2) is 13.1 Å². The van der Waals surface area contributed by atoms with Crippen molar-refractivity contribution in [3.63, 3.8) is 0 Å². The molecule has 144 valence electrons. The molecule has 0 unspecified atom stereocenters. The summed E-state index contributed by atoms with van der Waals surface area (Å²) in [6.07, 6.45) is 0. The number of halogens is 2. The fourth-order valence-corrected chi connectivity index (χ4v) is 4.28. The molecule has 1 heterocycles. The molecular formula is C18H19BrClN3O3S. The summed E-state index contributed by atoms with van der Waals surface area (Å²) in [6, 6.07) is 13.9. The normalized spacial score (nSPS) is 15.0. The largest absolute Gasteiger partial charge is 0.368 e. The number of benzene rings is 2. The van der Waals surface area contributed by atoms with Gasteiger partial charge in [-0.3, -0.25) is 4.79 Å². The standard InChI is InChI=1S/C18H19BrClN3O3S/c19-14-4-6-17(7-5-14)27(25,26)21-13-18(24)23-10-8-22(9-11-23)16-3-1-2-15(20)12-16/h1-7,12,21H,8-11,13H2. The van der Waals surface area contributed by atoms with Gasteiger partial charge in [0.25, 0.3) is 0 Å². The SMILES string of the molecule is O=C(CNS(=O)(=O)c1ccc(Br)cc1)N1CCN(c2cccc(Cl)c2)CC1. The van der Waals surface area contributed by atoms with Gasteiger partial charge in [0.05, 0.1) is 11.4 Å². The fraction of sp³-hybridized carbons (Fsp3) is 0.278. The van der Waals surface area contributed by atoms with Crippen molar-refractivity contribution in [1.29, 1.82) is 0 Å². The Morgan fingerprint density at radius 2 is 1.74 bits per heavy atom. The lowest BCUT2D eigenvalue weighted by atomic mass is 10.2. The van der Waals surface area contributed by atoms with Gasteiger partial charge in [-0.05, 0) is 42.5 Å². The number of carbonyl (C=O) groups is 1. The van der Waals surface area contributed by atoms with E-state index < -0.39 is 10.0 Å². The first-order valence-corrected chi connectivity index (χ1v) is 11.0. The van der Waals surface area contributed by atoms with Crippen molar-refractivity contribution in [3.8, 4) is 0 Å². The van der Waals surface area contributed by atoms with Gasteiger partial charge in [-0.2, -0.15) is 0 Å². The summed E-state index contributed by atoms with van der Waals surface area (Å²) in [7, 11) is -3.71. The van der Waals surface area contributed by atoms with Crippen LogP contribution in [-0.2, 0) is 14.8 Å². The van der Waals surface area contributed by atoms with E-state index in [2.05, 4.69) is 25.6 Å². The first kappa shape index (κ1) is 20.1. The van der Waals surface area contributed by atoms with E-state index in [4.69, 9.17) is 11.6 Å². The molecule has 9 heteroatoms. The third-order valence-electron chi connectivity index (χ3n) is 4.34. The average Bonchev–Trinajstić information content (AvgIpc) is 2.67. The zero-order valence-electron chi connectivity index (χ0n) is 14.4. The van der Waals surface area contributed by atoms with Crippen molar-refractivity contribution >= 4 is 49.1 Å². The van der Waals surface area contributed by atoms with E-state index in [1.54, 1.807) is 17.0 Å². The Morgan fingerprint density at radius 3 is 2.37 bits per heavy atom. The van der Waals surface area contributed by atoms with Crippen LogP contribution in [0.1, 0.15) is 0 Å². The summed E-state index contributed by atoms with van der Waals surface area (Å²) in [5, 5.41) is 0.674. The van der Waals surface area contributed by atoms with Crippen molar-refractivity contribution in [2.24, 2.45) is 0 Å². The Bertz CT molecular complexity index is 914. The van der Waals surface area contributed by atoms with E-state index in [1.165, 1.54) is 12.1 Å². The molecule has 1 amide bonds. The number of amides is 1. The molecule has 3 rings (SSSR count). The zero-order valence-corrected chi connectivity index (χ0v) is 17.6. The second-order valence-corrected chi connectivity index (χ2v) is 9.25. The van der Waals surface area contributed by atoms with Gasteiger partial charge < -0.3 is 9.80 Å². The van der Waals surface area contributed by atoms with Gasteiger partial charge in [0, 0.05) is 41.4 Å². The van der Waals surface area contributed by atoms with Crippen molar-refractivity contribution in [2.75, 3.05) is 37.6 Å². The Balaban J connectivity index is 1.53. The Kier molecular flexibility index (Phi) is 6.41. The molecule has 1 N–H and O–H groups in total. The molecule has 1 aliphatic heterocycles. The third-order valence-corrected chi connectivity index (χ3v) is 6.52. The van der Waals surface area contributed by atoms with Crippen LogP contribution in [-0.4, -0.2) is 51.9 Å². The highest BCUT2D eigenvalue weighted by Gasteiger charge is 2.23. The fourth-order valence-electron chi connectivity index (χ4n) is 2.85. The molecule has 0 aromatic heterocycles. The van der Waals surface area contributed by atoms with E-state index in [-0.39, 0.29) is 17.3 Å². The molecule has 0 aliphatic carbocycles. The quantitative estimate of drug-likeness (QED) is 0.726. The van der Waals surface area contributed by atoms with Gasteiger partial charge in [-0.15, -0.1) is 0 Å². The Morgan fingerprint density at radius 1 is 1.07 bits per heavy atom. The molecule has 2 aromatic carbocycles. The first-order valence-electron chi connectivity index (χ1n) is 8.39. The number of nitrogens with zero attached hydrogens (tertiary/aromatic N) is 2. The predicted octanol–water partition coefficient (Wildman–Crippen LogP) is 2.73. The molecule has 27 heavy (non-hydrogen) atoms. The van der Waals surface area contributed by atoms with Gasteiger partial charge in [0.2, 0.25) is 15.9 Å². The molecule has 0 radical (unpaired) electrons. The van der Waals surface area contributed by atoms with E-state index in [1.807, 2.05) is 24.3 Å². The van der Waals surface area contributed by atoms with Crippen LogP contribution in [0, 0.1) is 0 Å². The second-order valence-electron chi connectivity index (χ2n) is 6.13. The van der Waals surface area contributed by atoms with Crippen LogP contribution in [0.25, 0.3) is 0 Å². The minimum atomic E-state index is -3.71. The van der Waals surface area contributed by atoms with E-state index in [0.29, 0.717) is 31.2 Å². The van der Waals surface area contributed by atoms with E-state index in [9.17, 15) is 13.2 Å². The number of rotatable bonds is 5. The minimum Gasteiger partial charge on any atom is -0.368 e. The van der Waals surface area contributed by atoms with Crippen molar-refractivity contribution in [1.82, 2.24) is 9.62 Å². The number of piperazine rings is 1. The van der Waals surface area contributed by atoms with Crippen LogP contribution in [0.4, 0.5) is 5.69 Å². The number of nitrogens with one attached hydrogen (secondary N) is 1. The summed E-state index contributed by atoms with van der Waals surface area (Å²) in [6.45, 7) is 2.16. The maximum absolute atomic E-state index is 12.4. The topological polar surface area (TPSA) is 69.7 Å². The number of carbonyl (C=O) groups excluding carboxylic acids is 1. The van der Waals surface area contributed by atoms with Crippen LogP contribution >= 0.6 is 27.5 Å². The molecule has 0 saturated carbocycles. The predicted molar refractivity (Wildman–Crippen MR) is 110 cm³/mol. The van der Waals surface area contributed by atoms with Gasteiger partial charge in [-0.1, -0.05) is 33.6 Å². The molecular weight excluding hydrogens is 454 g/mol. The first-order chi connectivity index (χ1) is 12.8. The van der Waals surface area contributed by atoms with Crippen LogP contribution in [0.3, 0.4) is 0 Å². The smallest absolute Gasteiger partial charge is 0.241 e. The highest BCUT2D eigenvalue weighted by Crippen LogP contribution is 2.21. The Hall–Kier alpha value is -1.61.